The number of fused-ring (bicyclic) bond motifs is 3. The van der Waals surface area contributed by atoms with Crippen molar-refractivity contribution in [2.24, 2.45) is 23.2 Å². The van der Waals surface area contributed by atoms with Crippen molar-refractivity contribution in [1.82, 2.24) is 4.90 Å². The zero-order valence-electron chi connectivity index (χ0n) is 19.2. The highest BCUT2D eigenvalue weighted by Gasteiger charge is 2.52. The first-order valence-corrected chi connectivity index (χ1v) is 12.3. The number of esters is 1. The molecule has 32 heavy (non-hydrogen) atoms. The molecule has 5 aliphatic rings. The van der Waals surface area contributed by atoms with Crippen molar-refractivity contribution in [3.63, 3.8) is 0 Å². The van der Waals surface area contributed by atoms with Gasteiger partial charge in [0, 0.05) is 50.4 Å². The maximum Gasteiger partial charge on any atom is 0.311 e. The Kier molecular flexibility index (Phi) is 4.90. The van der Waals surface area contributed by atoms with E-state index in [2.05, 4.69) is 41.9 Å². The largest absolute Gasteiger partial charge is 0.461 e. The minimum Gasteiger partial charge on any atom is -0.461 e. The van der Waals surface area contributed by atoms with Gasteiger partial charge in [-0.05, 0) is 42.7 Å². The van der Waals surface area contributed by atoms with Gasteiger partial charge in [0.05, 0.1) is 5.92 Å². The van der Waals surface area contributed by atoms with Crippen LogP contribution in [-0.4, -0.2) is 56.5 Å². The summed E-state index contributed by atoms with van der Waals surface area (Å²) in [6, 6.07) is 6.18. The van der Waals surface area contributed by atoms with Crippen molar-refractivity contribution in [3.8, 4) is 11.5 Å². The van der Waals surface area contributed by atoms with E-state index in [4.69, 9.17) is 14.2 Å². The van der Waals surface area contributed by atoms with E-state index in [9.17, 15) is 4.79 Å². The predicted molar refractivity (Wildman–Crippen MR) is 122 cm³/mol. The Labute approximate surface area is 190 Å². The lowest BCUT2D eigenvalue weighted by atomic mass is 9.59. The van der Waals surface area contributed by atoms with E-state index < -0.39 is 0 Å². The number of carbonyl (C=O) groups is 1. The van der Waals surface area contributed by atoms with Crippen LogP contribution in [0, 0.1) is 23.2 Å². The third-order valence-electron chi connectivity index (χ3n) is 8.63. The van der Waals surface area contributed by atoms with Gasteiger partial charge in [0.1, 0.15) is 6.10 Å². The van der Waals surface area contributed by atoms with Crippen LogP contribution in [0.5, 0.6) is 11.5 Å². The second kappa shape index (κ2) is 7.68. The van der Waals surface area contributed by atoms with Crippen molar-refractivity contribution in [2.75, 3.05) is 44.4 Å². The Hall–Kier alpha value is -2.21. The van der Waals surface area contributed by atoms with Gasteiger partial charge in [-0.3, -0.25) is 9.69 Å². The summed E-state index contributed by atoms with van der Waals surface area (Å²) in [7, 11) is 0. The van der Waals surface area contributed by atoms with Gasteiger partial charge < -0.3 is 19.1 Å². The summed E-state index contributed by atoms with van der Waals surface area (Å²) in [5, 5.41) is 0. The quantitative estimate of drug-likeness (QED) is 0.528. The van der Waals surface area contributed by atoms with Crippen LogP contribution in [0.3, 0.4) is 0 Å². The van der Waals surface area contributed by atoms with Gasteiger partial charge >= 0.3 is 5.97 Å². The minimum absolute atomic E-state index is 0.0185. The number of anilines is 1. The van der Waals surface area contributed by atoms with Crippen molar-refractivity contribution in [1.29, 1.82) is 0 Å². The average Bonchev–Trinajstić information content (AvgIpc) is 3.36. The van der Waals surface area contributed by atoms with E-state index in [-0.39, 0.29) is 29.3 Å². The number of benzene rings is 1. The van der Waals surface area contributed by atoms with Gasteiger partial charge in [0.2, 0.25) is 6.79 Å². The Bertz CT molecular complexity index is 938. The summed E-state index contributed by atoms with van der Waals surface area (Å²) in [6.07, 6.45) is 7.35. The number of hydrogen-bond donors (Lipinski definition) is 0. The third-order valence-corrected chi connectivity index (χ3v) is 8.63. The summed E-state index contributed by atoms with van der Waals surface area (Å²) in [6.45, 7) is 9.69. The van der Waals surface area contributed by atoms with Crippen molar-refractivity contribution in [2.45, 2.75) is 45.6 Å². The molecule has 5 atom stereocenters. The molecule has 6 nitrogen and oxygen atoms in total. The number of allylic oxidation sites excluding steroid dienone is 1. The molecule has 1 saturated carbocycles. The lowest BCUT2D eigenvalue weighted by molar-refractivity contribution is -0.145. The van der Waals surface area contributed by atoms with Crippen LogP contribution in [0.4, 0.5) is 5.69 Å². The van der Waals surface area contributed by atoms with E-state index in [1.807, 2.05) is 6.07 Å². The van der Waals surface area contributed by atoms with Crippen LogP contribution in [0.2, 0.25) is 0 Å². The van der Waals surface area contributed by atoms with Crippen LogP contribution in [0.1, 0.15) is 39.5 Å². The van der Waals surface area contributed by atoms with E-state index in [1.54, 1.807) is 5.57 Å². The molecule has 0 aromatic heterocycles. The molecule has 0 spiro atoms. The highest BCUT2D eigenvalue weighted by atomic mass is 16.7. The standard InChI is InChI=1S/C26H34N2O4/c1-17-4-3-7-26(2)14-24-19(13-21(17)26)20(25(29)32-24)15-27-8-10-28(11-9-27)18-5-6-22-23(12-18)31-16-30-22/h5-6,12-13,17,19-20,24H,3-4,7-11,14-16H2,1-2H3/t17-,19+,20+,24+,26+/m0/s1. The SMILES string of the molecule is C[C@H]1CCC[C@]2(C)C[C@H]3OC(=O)[C@H](CN4CCN(c5ccc6c(c5)OCO6)CC4)[C@H]3C=C12. The number of carbonyl (C=O) groups excluding carboxylic acids is 1. The molecule has 0 N–H and O–H groups in total. The smallest absolute Gasteiger partial charge is 0.311 e. The lowest BCUT2D eigenvalue weighted by Crippen LogP contribution is -2.49. The third kappa shape index (κ3) is 3.38. The Morgan fingerprint density at radius 1 is 1.12 bits per heavy atom. The van der Waals surface area contributed by atoms with Gasteiger partial charge in [0.25, 0.3) is 0 Å². The topological polar surface area (TPSA) is 51.2 Å². The molecule has 6 rings (SSSR count). The fourth-order valence-corrected chi connectivity index (χ4v) is 6.81. The van der Waals surface area contributed by atoms with E-state index in [1.165, 1.54) is 24.9 Å². The Morgan fingerprint density at radius 2 is 1.94 bits per heavy atom. The van der Waals surface area contributed by atoms with E-state index in [0.717, 1.165) is 50.6 Å². The second-order valence-electron chi connectivity index (χ2n) is 10.7. The summed E-state index contributed by atoms with van der Waals surface area (Å²) in [5.41, 5.74) is 3.00. The molecular weight excluding hydrogens is 404 g/mol. The zero-order chi connectivity index (χ0) is 21.9. The molecule has 1 aromatic rings. The molecule has 3 fully saturated rings. The Balaban J connectivity index is 1.12. The molecule has 3 aliphatic heterocycles. The predicted octanol–water partition coefficient (Wildman–Crippen LogP) is 3.85. The van der Waals surface area contributed by atoms with Gasteiger partial charge in [-0.15, -0.1) is 0 Å². The lowest BCUT2D eigenvalue weighted by Gasteiger charge is -2.46. The van der Waals surface area contributed by atoms with Gasteiger partial charge in [-0.1, -0.05) is 31.9 Å². The van der Waals surface area contributed by atoms with Crippen LogP contribution >= 0.6 is 0 Å². The molecule has 2 aliphatic carbocycles. The maximum absolute atomic E-state index is 12.9. The van der Waals surface area contributed by atoms with E-state index >= 15 is 0 Å². The van der Waals surface area contributed by atoms with Crippen molar-refractivity contribution in [3.05, 3.63) is 29.8 Å². The normalized spacial score (nSPS) is 36.4. The van der Waals surface area contributed by atoms with Crippen LogP contribution in [0.15, 0.2) is 29.8 Å². The Morgan fingerprint density at radius 3 is 2.78 bits per heavy atom. The minimum atomic E-state index is -0.0248. The molecular formula is C26H34N2O4. The second-order valence-corrected chi connectivity index (χ2v) is 10.7. The molecule has 1 aromatic carbocycles. The fraction of sp³-hybridized carbons (Fsp3) is 0.654. The highest BCUT2D eigenvalue weighted by molar-refractivity contribution is 5.76. The average molecular weight is 439 g/mol. The first kappa shape index (κ1) is 20.4. The molecule has 0 amide bonds. The van der Waals surface area contributed by atoms with Gasteiger partial charge in [0.15, 0.2) is 11.5 Å². The summed E-state index contributed by atoms with van der Waals surface area (Å²) in [5.74, 6) is 2.54. The van der Waals surface area contributed by atoms with E-state index in [0.29, 0.717) is 12.7 Å². The molecule has 0 unspecified atom stereocenters. The molecule has 0 radical (unpaired) electrons. The first-order chi connectivity index (χ1) is 15.5. The first-order valence-electron chi connectivity index (χ1n) is 12.3. The molecule has 0 bridgehead atoms. The van der Waals surface area contributed by atoms with Gasteiger partial charge in [-0.2, -0.15) is 0 Å². The zero-order valence-corrected chi connectivity index (χ0v) is 19.2. The summed E-state index contributed by atoms with van der Waals surface area (Å²) < 4.78 is 16.9. The molecule has 2 saturated heterocycles. The molecule has 3 heterocycles. The maximum atomic E-state index is 12.9. The number of nitrogens with zero attached hydrogens (tertiary/aromatic N) is 2. The molecule has 6 heteroatoms. The van der Waals surface area contributed by atoms with Gasteiger partial charge in [-0.25, -0.2) is 0 Å². The number of ether oxygens (including phenoxy) is 3. The number of piperazine rings is 1. The summed E-state index contributed by atoms with van der Waals surface area (Å²) >= 11 is 0. The highest BCUT2D eigenvalue weighted by Crippen LogP contribution is 2.54. The molecule has 172 valence electrons. The van der Waals surface area contributed by atoms with Crippen molar-refractivity contribution < 1.29 is 19.0 Å². The number of rotatable bonds is 3. The van der Waals surface area contributed by atoms with Crippen molar-refractivity contribution >= 4 is 11.7 Å². The fourth-order valence-electron chi connectivity index (χ4n) is 6.81. The summed E-state index contributed by atoms with van der Waals surface area (Å²) in [4.78, 5) is 17.7. The van der Waals surface area contributed by atoms with Crippen LogP contribution in [0.25, 0.3) is 0 Å². The number of hydrogen-bond acceptors (Lipinski definition) is 6. The van der Waals surface area contributed by atoms with Crippen LogP contribution < -0.4 is 14.4 Å². The monoisotopic (exact) mass is 438 g/mol. The van der Waals surface area contributed by atoms with Crippen LogP contribution in [-0.2, 0) is 9.53 Å².